The Labute approximate surface area is 129 Å². The number of hydrogen-bond acceptors (Lipinski definition) is 3. The van der Waals surface area contributed by atoms with Crippen LogP contribution in [-0.2, 0) is 13.1 Å². The smallest absolute Gasteiger partial charge is 0.191 e. The molecule has 4 nitrogen and oxygen atoms in total. The summed E-state index contributed by atoms with van der Waals surface area (Å²) < 4.78 is 5.36. The van der Waals surface area contributed by atoms with E-state index in [9.17, 15) is 0 Å². The Balaban J connectivity index is 1.97. The maximum Gasteiger partial charge on any atom is 0.191 e. The average molecular weight is 303 g/mol. The van der Waals surface area contributed by atoms with Gasteiger partial charge in [0.1, 0.15) is 5.75 Å². The number of aliphatic imine (C=N–C) groups is 1. The van der Waals surface area contributed by atoms with Crippen molar-refractivity contribution in [2.75, 3.05) is 13.7 Å². The van der Waals surface area contributed by atoms with E-state index in [0.717, 1.165) is 23.8 Å². The van der Waals surface area contributed by atoms with E-state index in [-0.39, 0.29) is 0 Å². The second kappa shape index (κ2) is 8.32. The molecule has 0 bridgehead atoms. The largest absolute Gasteiger partial charge is 0.496 e. The van der Waals surface area contributed by atoms with Crippen LogP contribution in [0.25, 0.3) is 0 Å². The number of guanidine groups is 1. The lowest BCUT2D eigenvalue weighted by Crippen LogP contribution is -2.36. The predicted octanol–water partition coefficient (Wildman–Crippen LogP) is 3.01. The van der Waals surface area contributed by atoms with E-state index in [1.807, 2.05) is 24.3 Å². The van der Waals surface area contributed by atoms with Crippen LogP contribution >= 0.6 is 11.3 Å². The minimum absolute atomic E-state index is 0.680. The topological polar surface area (TPSA) is 45.7 Å². The lowest BCUT2D eigenvalue weighted by molar-refractivity contribution is 0.409. The molecule has 2 rings (SSSR count). The van der Waals surface area contributed by atoms with Crippen LogP contribution in [0.3, 0.4) is 0 Å². The average Bonchev–Trinajstić information content (AvgIpc) is 3.03. The molecule has 0 radical (unpaired) electrons. The molecule has 0 saturated carbocycles. The molecule has 0 unspecified atom stereocenters. The fourth-order valence-corrected chi connectivity index (χ4v) is 2.58. The fraction of sp³-hybridized carbons (Fsp3) is 0.312. The van der Waals surface area contributed by atoms with Crippen molar-refractivity contribution in [2.24, 2.45) is 4.99 Å². The maximum absolute atomic E-state index is 5.36. The van der Waals surface area contributed by atoms with Gasteiger partial charge in [-0.1, -0.05) is 18.2 Å². The third-order valence-electron chi connectivity index (χ3n) is 2.98. The van der Waals surface area contributed by atoms with Gasteiger partial charge < -0.3 is 15.4 Å². The van der Waals surface area contributed by atoms with Crippen LogP contribution in [0, 0.1) is 0 Å². The third-order valence-corrected chi connectivity index (χ3v) is 3.71. The monoisotopic (exact) mass is 303 g/mol. The number of nitrogens with zero attached hydrogens (tertiary/aromatic N) is 1. The SMILES string of the molecule is CCNC(=NCc1ccsc1)NCc1ccccc1OC. The first-order valence-corrected chi connectivity index (χ1v) is 7.93. The lowest BCUT2D eigenvalue weighted by Gasteiger charge is -2.13. The van der Waals surface area contributed by atoms with Crippen molar-refractivity contribution < 1.29 is 4.74 Å². The second-order valence-electron chi connectivity index (χ2n) is 4.49. The molecule has 0 atom stereocenters. The number of benzene rings is 1. The number of rotatable bonds is 6. The highest BCUT2D eigenvalue weighted by molar-refractivity contribution is 7.07. The van der Waals surface area contributed by atoms with Gasteiger partial charge in [-0.05, 0) is 35.4 Å². The van der Waals surface area contributed by atoms with E-state index in [1.165, 1.54) is 5.56 Å². The van der Waals surface area contributed by atoms with Gasteiger partial charge in [0.05, 0.1) is 13.7 Å². The van der Waals surface area contributed by atoms with Crippen LogP contribution in [0.15, 0.2) is 46.1 Å². The van der Waals surface area contributed by atoms with Crippen molar-refractivity contribution >= 4 is 17.3 Å². The van der Waals surface area contributed by atoms with Crippen molar-refractivity contribution in [2.45, 2.75) is 20.0 Å². The number of hydrogen-bond donors (Lipinski definition) is 2. The standard InChI is InChI=1S/C16H21N3OS/c1-3-17-16(18-10-13-8-9-21-12-13)19-11-14-6-4-5-7-15(14)20-2/h4-9,12H,3,10-11H2,1-2H3,(H2,17,18,19). The number of para-hydroxylation sites is 1. The molecule has 0 aliphatic rings. The molecule has 0 amide bonds. The number of ether oxygens (including phenoxy) is 1. The predicted molar refractivity (Wildman–Crippen MR) is 89.0 cm³/mol. The van der Waals surface area contributed by atoms with Gasteiger partial charge in [0.15, 0.2) is 5.96 Å². The normalized spacial score (nSPS) is 11.2. The van der Waals surface area contributed by atoms with Gasteiger partial charge in [-0.15, -0.1) is 0 Å². The van der Waals surface area contributed by atoms with E-state index < -0.39 is 0 Å². The summed E-state index contributed by atoms with van der Waals surface area (Å²) in [6.45, 7) is 4.26. The number of methoxy groups -OCH3 is 1. The summed E-state index contributed by atoms with van der Waals surface area (Å²) in [6.07, 6.45) is 0. The van der Waals surface area contributed by atoms with Crippen LogP contribution in [-0.4, -0.2) is 19.6 Å². The number of nitrogens with one attached hydrogen (secondary N) is 2. The summed E-state index contributed by atoms with van der Waals surface area (Å²) in [6, 6.07) is 10.1. The van der Waals surface area contributed by atoms with Crippen molar-refractivity contribution in [3.63, 3.8) is 0 Å². The van der Waals surface area contributed by atoms with E-state index in [2.05, 4.69) is 39.4 Å². The molecule has 2 N–H and O–H groups in total. The molecule has 112 valence electrons. The molecule has 0 fully saturated rings. The summed E-state index contributed by atoms with van der Waals surface area (Å²) >= 11 is 1.69. The molecular formula is C16H21N3OS. The number of thiophene rings is 1. The van der Waals surface area contributed by atoms with Crippen LogP contribution in [0.4, 0.5) is 0 Å². The fourth-order valence-electron chi connectivity index (χ4n) is 1.92. The molecule has 21 heavy (non-hydrogen) atoms. The van der Waals surface area contributed by atoms with E-state index in [0.29, 0.717) is 13.1 Å². The second-order valence-corrected chi connectivity index (χ2v) is 5.27. The van der Waals surface area contributed by atoms with Crippen molar-refractivity contribution in [3.05, 3.63) is 52.2 Å². The Morgan fingerprint density at radius 2 is 2.10 bits per heavy atom. The Kier molecular flexibility index (Phi) is 6.09. The van der Waals surface area contributed by atoms with Gasteiger partial charge in [-0.2, -0.15) is 11.3 Å². The highest BCUT2D eigenvalue weighted by Crippen LogP contribution is 2.16. The lowest BCUT2D eigenvalue weighted by atomic mass is 10.2. The zero-order valence-corrected chi connectivity index (χ0v) is 13.2. The Morgan fingerprint density at radius 1 is 1.24 bits per heavy atom. The van der Waals surface area contributed by atoms with Gasteiger partial charge in [0.25, 0.3) is 0 Å². The van der Waals surface area contributed by atoms with Crippen LogP contribution < -0.4 is 15.4 Å². The molecule has 0 spiro atoms. The van der Waals surface area contributed by atoms with Crippen molar-refractivity contribution in [3.8, 4) is 5.75 Å². The molecule has 0 aliphatic carbocycles. The Bertz CT molecular complexity index is 567. The highest BCUT2D eigenvalue weighted by atomic mass is 32.1. The zero-order chi connectivity index (χ0) is 14.9. The first-order chi connectivity index (χ1) is 10.3. The van der Waals surface area contributed by atoms with Gasteiger partial charge in [0.2, 0.25) is 0 Å². The minimum atomic E-state index is 0.680. The molecule has 5 heteroatoms. The third kappa shape index (κ3) is 4.79. The summed E-state index contributed by atoms with van der Waals surface area (Å²) in [5, 5.41) is 10.8. The zero-order valence-electron chi connectivity index (χ0n) is 12.4. The summed E-state index contributed by atoms with van der Waals surface area (Å²) in [5.41, 5.74) is 2.34. The summed E-state index contributed by atoms with van der Waals surface area (Å²) in [5.74, 6) is 1.70. The molecule has 2 aromatic rings. The molecule has 1 aromatic carbocycles. The highest BCUT2D eigenvalue weighted by Gasteiger charge is 2.03. The first-order valence-electron chi connectivity index (χ1n) is 6.98. The van der Waals surface area contributed by atoms with Gasteiger partial charge in [-0.3, -0.25) is 0 Å². The van der Waals surface area contributed by atoms with Crippen molar-refractivity contribution in [1.29, 1.82) is 0 Å². The maximum atomic E-state index is 5.36. The summed E-state index contributed by atoms with van der Waals surface area (Å²) in [7, 11) is 1.69. The van der Waals surface area contributed by atoms with Crippen molar-refractivity contribution in [1.82, 2.24) is 10.6 Å². The van der Waals surface area contributed by atoms with Crippen LogP contribution in [0.5, 0.6) is 5.75 Å². The van der Waals surface area contributed by atoms with E-state index in [1.54, 1.807) is 18.4 Å². The van der Waals surface area contributed by atoms with E-state index >= 15 is 0 Å². The van der Waals surface area contributed by atoms with Gasteiger partial charge >= 0.3 is 0 Å². The minimum Gasteiger partial charge on any atom is -0.496 e. The molecule has 1 aromatic heterocycles. The molecular weight excluding hydrogens is 282 g/mol. The quantitative estimate of drug-likeness (QED) is 0.637. The van der Waals surface area contributed by atoms with Crippen LogP contribution in [0.2, 0.25) is 0 Å². The van der Waals surface area contributed by atoms with E-state index in [4.69, 9.17) is 4.74 Å². The summed E-state index contributed by atoms with van der Waals surface area (Å²) in [4.78, 5) is 4.59. The molecule has 0 aliphatic heterocycles. The molecule has 1 heterocycles. The van der Waals surface area contributed by atoms with Gasteiger partial charge in [0, 0.05) is 18.7 Å². The Morgan fingerprint density at radius 3 is 2.81 bits per heavy atom. The Hall–Kier alpha value is -2.01. The first kappa shape index (κ1) is 15.4. The van der Waals surface area contributed by atoms with Gasteiger partial charge in [-0.25, -0.2) is 4.99 Å². The van der Waals surface area contributed by atoms with Crippen LogP contribution in [0.1, 0.15) is 18.1 Å². The molecule has 0 saturated heterocycles.